The predicted octanol–water partition coefficient (Wildman–Crippen LogP) is 6.91. The van der Waals surface area contributed by atoms with Crippen LogP contribution < -0.4 is 9.64 Å². The molecule has 0 amide bonds. The molecular weight excluding hydrogens is 519 g/mol. The van der Waals surface area contributed by atoms with Crippen molar-refractivity contribution in [2.24, 2.45) is 5.41 Å². The van der Waals surface area contributed by atoms with Crippen molar-refractivity contribution in [3.05, 3.63) is 64.3 Å². The minimum Gasteiger partial charge on any atom is -0.483 e. The molecule has 10 heteroatoms. The summed E-state index contributed by atoms with van der Waals surface area (Å²) in [4.78, 5) is 10.9. The third kappa shape index (κ3) is 4.77. The Bertz CT molecular complexity index is 1390. The lowest BCUT2D eigenvalue weighted by Gasteiger charge is -2.48. The molecule has 1 aromatic carbocycles. The molecule has 6 nitrogen and oxygen atoms in total. The second-order valence-corrected chi connectivity index (χ2v) is 13.7. The number of nitrogens with zero attached hydrogens (tertiary/aromatic N) is 4. The summed E-state index contributed by atoms with van der Waals surface area (Å²) in [5.74, 6) is 0.504. The van der Waals surface area contributed by atoms with E-state index >= 15 is 4.39 Å². The average molecular weight is 547 g/mol. The lowest BCUT2D eigenvalue weighted by Crippen LogP contribution is -2.56. The van der Waals surface area contributed by atoms with Crippen LogP contribution in [0.1, 0.15) is 25.5 Å². The molecule has 36 heavy (non-hydrogen) atoms. The Morgan fingerprint density at radius 2 is 1.86 bits per heavy atom. The van der Waals surface area contributed by atoms with Gasteiger partial charge in [-0.1, -0.05) is 30.1 Å². The van der Waals surface area contributed by atoms with E-state index in [1.165, 1.54) is 18.6 Å². The highest BCUT2D eigenvalue weighted by molar-refractivity contribution is 7.56. The van der Waals surface area contributed by atoms with E-state index in [4.69, 9.17) is 27.9 Å². The van der Waals surface area contributed by atoms with E-state index in [1.807, 2.05) is 12.1 Å². The fourth-order valence-electron chi connectivity index (χ4n) is 5.13. The fourth-order valence-corrected chi connectivity index (χ4v) is 7.73. The zero-order valence-corrected chi connectivity index (χ0v) is 23.1. The first kappa shape index (κ1) is 25.2. The number of ether oxygens (including phenoxy) is 1. The molecule has 1 N–H and O–H groups in total. The third-order valence-corrected chi connectivity index (χ3v) is 8.67. The number of hydrogen-bond donors (Lipinski definition) is 1. The van der Waals surface area contributed by atoms with Gasteiger partial charge in [-0.3, -0.25) is 10.1 Å². The molecule has 0 bridgehead atoms. The van der Waals surface area contributed by atoms with Crippen molar-refractivity contribution in [2.75, 3.05) is 37.5 Å². The minimum absolute atomic E-state index is 0.0822. The van der Waals surface area contributed by atoms with E-state index in [0.717, 1.165) is 24.5 Å². The van der Waals surface area contributed by atoms with Crippen molar-refractivity contribution in [1.82, 2.24) is 20.2 Å². The van der Waals surface area contributed by atoms with Crippen molar-refractivity contribution in [1.29, 1.82) is 0 Å². The van der Waals surface area contributed by atoms with Crippen LogP contribution in [-0.2, 0) is 0 Å². The molecule has 4 heterocycles. The van der Waals surface area contributed by atoms with Gasteiger partial charge in [-0.15, -0.1) is 0 Å². The van der Waals surface area contributed by atoms with Gasteiger partial charge in [0.25, 0.3) is 0 Å². The smallest absolute Gasteiger partial charge is 0.176 e. The molecule has 1 saturated heterocycles. The lowest BCUT2D eigenvalue weighted by atomic mass is 9.84. The molecule has 5 rings (SSSR count). The molecule has 3 aromatic heterocycles. The second kappa shape index (κ2) is 9.77. The van der Waals surface area contributed by atoms with E-state index in [1.54, 1.807) is 25.3 Å². The van der Waals surface area contributed by atoms with Gasteiger partial charge >= 0.3 is 0 Å². The summed E-state index contributed by atoms with van der Waals surface area (Å²) in [5.41, 5.74) is 2.71. The SMILES string of the molecule is C[C@@H](Oc1ccc2[nH]nc(-c3ccc(N4CC(C)(C[PH+](C)C)C4)nc3)c2c1F)c1c(Cl)cncc1Cl. The molecule has 1 aliphatic rings. The summed E-state index contributed by atoms with van der Waals surface area (Å²) in [6.45, 7) is 10.9. The monoisotopic (exact) mass is 546 g/mol. The summed E-state index contributed by atoms with van der Waals surface area (Å²) in [7, 11) is -0.269. The molecule has 0 radical (unpaired) electrons. The van der Waals surface area contributed by atoms with Crippen LogP contribution >= 0.6 is 31.1 Å². The molecule has 0 saturated carbocycles. The van der Waals surface area contributed by atoms with Crippen LogP contribution in [0.4, 0.5) is 10.2 Å². The van der Waals surface area contributed by atoms with Crippen molar-refractivity contribution in [2.45, 2.75) is 20.0 Å². The Morgan fingerprint density at radius 1 is 1.14 bits per heavy atom. The Kier molecular flexibility index (Phi) is 6.84. The molecule has 1 atom stereocenters. The van der Waals surface area contributed by atoms with Gasteiger partial charge in [0.05, 0.1) is 27.1 Å². The summed E-state index contributed by atoms with van der Waals surface area (Å²) in [6, 6.07) is 7.23. The molecule has 0 unspecified atom stereocenters. The van der Waals surface area contributed by atoms with Crippen molar-refractivity contribution in [3.8, 4) is 17.0 Å². The first-order valence-corrected chi connectivity index (χ1v) is 15.2. The molecule has 1 aliphatic heterocycles. The average Bonchev–Trinajstić information content (AvgIpc) is 3.24. The fraction of sp³-hybridized carbons (Fsp3) is 0.346. The number of nitrogens with one attached hydrogen (secondary N) is 1. The number of rotatable bonds is 7. The van der Waals surface area contributed by atoms with Crippen molar-refractivity contribution in [3.63, 3.8) is 0 Å². The van der Waals surface area contributed by atoms with Crippen LogP contribution in [0.2, 0.25) is 10.0 Å². The van der Waals surface area contributed by atoms with Crippen molar-refractivity contribution >= 4 is 47.8 Å². The van der Waals surface area contributed by atoms with Gasteiger partial charge < -0.3 is 9.64 Å². The van der Waals surface area contributed by atoms with Gasteiger partial charge in [0.2, 0.25) is 0 Å². The molecule has 0 spiro atoms. The van der Waals surface area contributed by atoms with Gasteiger partial charge in [-0.2, -0.15) is 5.10 Å². The molecule has 4 aromatic rings. The molecule has 188 valence electrons. The van der Waals surface area contributed by atoms with E-state index in [-0.39, 0.29) is 13.7 Å². The maximum atomic E-state index is 15.7. The van der Waals surface area contributed by atoms with Crippen LogP contribution in [0.25, 0.3) is 22.2 Å². The quantitative estimate of drug-likeness (QED) is 0.255. The predicted molar refractivity (Wildman–Crippen MR) is 148 cm³/mol. The zero-order chi connectivity index (χ0) is 25.6. The van der Waals surface area contributed by atoms with Crippen LogP contribution in [-0.4, -0.2) is 52.7 Å². The van der Waals surface area contributed by atoms with Crippen LogP contribution in [0.3, 0.4) is 0 Å². The van der Waals surface area contributed by atoms with E-state index in [2.05, 4.69) is 45.3 Å². The topological polar surface area (TPSA) is 66.9 Å². The van der Waals surface area contributed by atoms with E-state index < -0.39 is 11.9 Å². The number of aromatic nitrogens is 4. The Balaban J connectivity index is 1.39. The first-order chi connectivity index (χ1) is 17.1. The Labute approximate surface area is 220 Å². The highest BCUT2D eigenvalue weighted by Gasteiger charge is 2.42. The summed E-state index contributed by atoms with van der Waals surface area (Å²) in [5, 5.41) is 8.36. The standard InChI is InChI=1S/C26H27Cl2FN5OP/c1-15(22-17(27)10-30-11-18(22)28)35-20-7-6-19-23(24(20)29)25(33-32-19)16-5-8-21(31-9-16)34-12-26(2,13-34)14-36(3)4/h5-11,15H,12-14H2,1-4H3,(H,32,33)/p+1/t15-/m1/s1. The number of aromatic amines is 1. The maximum absolute atomic E-state index is 15.7. The maximum Gasteiger partial charge on any atom is 0.176 e. The number of benzene rings is 1. The van der Waals surface area contributed by atoms with Gasteiger partial charge in [-0.05, 0) is 39.1 Å². The highest BCUT2D eigenvalue weighted by atomic mass is 35.5. The largest absolute Gasteiger partial charge is 0.483 e. The number of anilines is 1. The number of H-pyrrole nitrogens is 1. The number of hydrogen-bond acceptors (Lipinski definition) is 5. The molecule has 1 fully saturated rings. The van der Waals surface area contributed by atoms with E-state index in [9.17, 15) is 0 Å². The number of fused-ring (bicyclic) bond motifs is 1. The van der Waals surface area contributed by atoms with Crippen LogP contribution in [0.5, 0.6) is 5.75 Å². The Morgan fingerprint density at radius 3 is 2.50 bits per heavy atom. The van der Waals surface area contributed by atoms with Crippen molar-refractivity contribution < 1.29 is 9.13 Å². The first-order valence-electron chi connectivity index (χ1n) is 11.8. The molecule has 0 aliphatic carbocycles. The summed E-state index contributed by atoms with van der Waals surface area (Å²) >= 11 is 12.5. The summed E-state index contributed by atoms with van der Waals surface area (Å²) in [6.07, 6.45) is 5.43. The lowest BCUT2D eigenvalue weighted by molar-refractivity contribution is 0.217. The van der Waals surface area contributed by atoms with Crippen LogP contribution in [0, 0.1) is 11.2 Å². The van der Waals surface area contributed by atoms with E-state index in [0.29, 0.717) is 37.6 Å². The van der Waals surface area contributed by atoms with Gasteiger partial charge in [-0.25, -0.2) is 9.37 Å². The summed E-state index contributed by atoms with van der Waals surface area (Å²) < 4.78 is 21.6. The highest BCUT2D eigenvalue weighted by Crippen LogP contribution is 2.42. The third-order valence-electron chi connectivity index (χ3n) is 6.50. The second-order valence-electron chi connectivity index (χ2n) is 10.1. The zero-order valence-electron chi connectivity index (χ0n) is 20.6. The Hall–Kier alpha value is -2.47. The van der Waals surface area contributed by atoms with Crippen LogP contribution in [0.15, 0.2) is 42.9 Å². The molecular formula is C26H28Cl2FN5OP+. The van der Waals surface area contributed by atoms with Gasteiger partial charge in [0, 0.05) is 61.6 Å². The number of pyridine rings is 2. The normalized spacial score (nSPS) is 15.8. The number of halogens is 3. The van der Waals surface area contributed by atoms with Gasteiger partial charge in [0.1, 0.15) is 17.6 Å². The van der Waals surface area contributed by atoms with Gasteiger partial charge in [0.15, 0.2) is 11.6 Å². The minimum atomic E-state index is -0.587.